The predicted octanol–water partition coefficient (Wildman–Crippen LogP) is 2.01. The molecule has 0 atom stereocenters. The van der Waals surface area contributed by atoms with E-state index in [0.717, 1.165) is 11.9 Å². The summed E-state index contributed by atoms with van der Waals surface area (Å²) in [5.74, 6) is -0.167. The SMILES string of the molecule is O=C(CNc1cnc2sccn2c1=O)NCCc1c[nH]c2ccccc12. The van der Waals surface area contributed by atoms with E-state index in [2.05, 4.69) is 26.7 Å². The van der Waals surface area contributed by atoms with Gasteiger partial charge in [0.1, 0.15) is 5.69 Å². The van der Waals surface area contributed by atoms with Crippen molar-refractivity contribution in [2.45, 2.75) is 6.42 Å². The number of hydrogen-bond acceptors (Lipinski definition) is 5. The molecule has 0 aliphatic rings. The van der Waals surface area contributed by atoms with Crippen molar-refractivity contribution in [3.63, 3.8) is 0 Å². The van der Waals surface area contributed by atoms with E-state index in [1.165, 1.54) is 32.9 Å². The summed E-state index contributed by atoms with van der Waals surface area (Å²) in [5, 5.41) is 8.69. The van der Waals surface area contributed by atoms with Crippen molar-refractivity contribution in [2.75, 3.05) is 18.4 Å². The first-order valence-electron chi connectivity index (χ1n) is 8.23. The number of carbonyl (C=O) groups is 1. The smallest absolute Gasteiger partial charge is 0.281 e. The minimum Gasteiger partial charge on any atom is -0.370 e. The van der Waals surface area contributed by atoms with Crippen LogP contribution in [-0.4, -0.2) is 33.4 Å². The summed E-state index contributed by atoms with van der Waals surface area (Å²) in [6, 6.07) is 8.07. The van der Waals surface area contributed by atoms with Crippen molar-refractivity contribution in [2.24, 2.45) is 0 Å². The van der Waals surface area contributed by atoms with E-state index in [0.29, 0.717) is 17.2 Å². The van der Waals surface area contributed by atoms with Crippen LogP contribution >= 0.6 is 11.3 Å². The molecule has 7 nitrogen and oxygen atoms in total. The van der Waals surface area contributed by atoms with Crippen LogP contribution in [-0.2, 0) is 11.2 Å². The number of aromatic amines is 1. The molecule has 0 aliphatic carbocycles. The normalized spacial score (nSPS) is 11.1. The summed E-state index contributed by atoms with van der Waals surface area (Å²) < 4.78 is 1.46. The summed E-state index contributed by atoms with van der Waals surface area (Å²) in [6.07, 6.45) is 5.84. The molecule has 3 N–H and O–H groups in total. The van der Waals surface area contributed by atoms with Gasteiger partial charge in [-0.3, -0.25) is 14.0 Å². The molecule has 0 bridgehead atoms. The van der Waals surface area contributed by atoms with Crippen molar-refractivity contribution in [3.05, 3.63) is 64.2 Å². The van der Waals surface area contributed by atoms with Gasteiger partial charge in [-0.15, -0.1) is 11.3 Å². The Morgan fingerprint density at radius 3 is 3.12 bits per heavy atom. The Morgan fingerprint density at radius 1 is 1.31 bits per heavy atom. The molecule has 0 radical (unpaired) electrons. The molecule has 0 saturated carbocycles. The fourth-order valence-corrected chi connectivity index (χ4v) is 3.53. The molecule has 1 aromatic carbocycles. The highest BCUT2D eigenvalue weighted by atomic mass is 32.1. The van der Waals surface area contributed by atoms with Gasteiger partial charge in [-0.2, -0.15) is 0 Å². The average Bonchev–Trinajstić information content (AvgIpc) is 3.29. The van der Waals surface area contributed by atoms with E-state index < -0.39 is 0 Å². The first kappa shape index (κ1) is 16.3. The molecule has 132 valence electrons. The zero-order chi connectivity index (χ0) is 17.9. The standard InChI is InChI=1S/C18H17N5O2S/c24-16(11-21-15-10-22-18-23(17(15)25)7-8-26-18)19-6-5-12-9-20-14-4-2-1-3-13(12)14/h1-4,7-10,20-21H,5-6,11H2,(H,19,24). The summed E-state index contributed by atoms with van der Waals surface area (Å²) in [4.78, 5) is 32.3. The number of H-pyrrole nitrogens is 1. The van der Waals surface area contributed by atoms with Crippen LogP contribution in [0, 0.1) is 0 Å². The third kappa shape index (κ3) is 3.18. The van der Waals surface area contributed by atoms with E-state index in [-0.39, 0.29) is 18.0 Å². The third-order valence-electron chi connectivity index (χ3n) is 4.17. The molecule has 0 fully saturated rings. The molecule has 3 heterocycles. The topological polar surface area (TPSA) is 91.3 Å². The van der Waals surface area contributed by atoms with Crippen LogP contribution in [0.3, 0.4) is 0 Å². The maximum Gasteiger partial charge on any atom is 0.281 e. The van der Waals surface area contributed by atoms with Gasteiger partial charge in [0.15, 0.2) is 4.96 Å². The Bertz CT molecular complexity index is 1130. The first-order valence-corrected chi connectivity index (χ1v) is 9.11. The maximum absolute atomic E-state index is 12.2. The van der Waals surface area contributed by atoms with Crippen LogP contribution < -0.4 is 16.2 Å². The zero-order valence-corrected chi connectivity index (χ0v) is 14.7. The quantitative estimate of drug-likeness (QED) is 0.486. The number of anilines is 1. The van der Waals surface area contributed by atoms with E-state index >= 15 is 0 Å². The highest BCUT2D eigenvalue weighted by molar-refractivity contribution is 7.15. The monoisotopic (exact) mass is 367 g/mol. The summed E-state index contributed by atoms with van der Waals surface area (Å²) in [5.41, 5.74) is 2.36. The van der Waals surface area contributed by atoms with Gasteiger partial charge in [-0.1, -0.05) is 18.2 Å². The number of para-hydroxylation sites is 1. The fourth-order valence-electron chi connectivity index (χ4n) is 2.86. The minimum absolute atomic E-state index is 0.0288. The highest BCUT2D eigenvalue weighted by Gasteiger charge is 2.08. The van der Waals surface area contributed by atoms with Gasteiger partial charge in [0.25, 0.3) is 5.56 Å². The lowest BCUT2D eigenvalue weighted by Gasteiger charge is -2.07. The van der Waals surface area contributed by atoms with Crippen LogP contribution in [0.25, 0.3) is 15.9 Å². The molecular weight excluding hydrogens is 350 g/mol. The van der Waals surface area contributed by atoms with Crippen molar-refractivity contribution in [1.82, 2.24) is 19.7 Å². The zero-order valence-electron chi connectivity index (χ0n) is 13.9. The lowest BCUT2D eigenvalue weighted by Crippen LogP contribution is -2.32. The molecule has 0 aliphatic heterocycles. The molecule has 1 amide bonds. The van der Waals surface area contributed by atoms with Gasteiger partial charge < -0.3 is 15.6 Å². The number of carbonyl (C=O) groups excluding carboxylic acids is 1. The van der Waals surface area contributed by atoms with Gasteiger partial charge in [0, 0.05) is 35.2 Å². The van der Waals surface area contributed by atoms with Gasteiger partial charge in [0.2, 0.25) is 5.91 Å². The van der Waals surface area contributed by atoms with E-state index in [4.69, 9.17) is 0 Å². The molecule has 4 aromatic rings. The van der Waals surface area contributed by atoms with E-state index in [1.54, 1.807) is 11.6 Å². The molecule has 3 aromatic heterocycles. The van der Waals surface area contributed by atoms with Crippen molar-refractivity contribution in [1.29, 1.82) is 0 Å². The Balaban J connectivity index is 1.31. The summed E-state index contributed by atoms with van der Waals surface area (Å²) in [7, 11) is 0. The Kier molecular flexibility index (Phi) is 4.40. The van der Waals surface area contributed by atoms with Crippen molar-refractivity contribution >= 4 is 38.8 Å². The predicted molar refractivity (Wildman–Crippen MR) is 103 cm³/mol. The van der Waals surface area contributed by atoms with Crippen LogP contribution in [0.1, 0.15) is 5.56 Å². The lowest BCUT2D eigenvalue weighted by atomic mass is 10.1. The second-order valence-corrected chi connectivity index (χ2v) is 6.72. The average molecular weight is 367 g/mol. The second kappa shape index (κ2) is 7.01. The fraction of sp³-hybridized carbons (Fsp3) is 0.167. The lowest BCUT2D eigenvalue weighted by molar-refractivity contribution is -0.119. The van der Waals surface area contributed by atoms with Crippen LogP contribution in [0.4, 0.5) is 5.69 Å². The number of amides is 1. The third-order valence-corrected chi connectivity index (χ3v) is 4.94. The molecular formula is C18H17N5O2S. The second-order valence-electron chi connectivity index (χ2n) is 5.85. The number of thiazole rings is 1. The number of rotatable bonds is 6. The minimum atomic E-state index is -0.206. The van der Waals surface area contributed by atoms with Gasteiger partial charge in [0.05, 0.1) is 12.7 Å². The number of aromatic nitrogens is 3. The molecule has 0 saturated heterocycles. The molecule has 8 heteroatoms. The summed E-state index contributed by atoms with van der Waals surface area (Å²) >= 11 is 1.39. The van der Waals surface area contributed by atoms with E-state index in [1.807, 2.05) is 24.4 Å². The highest BCUT2D eigenvalue weighted by Crippen LogP contribution is 2.17. The Hall–Kier alpha value is -3.13. The number of nitrogens with one attached hydrogen (secondary N) is 3. The van der Waals surface area contributed by atoms with Crippen molar-refractivity contribution in [3.8, 4) is 0 Å². The molecule has 4 rings (SSSR count). The van der Waals surface area contributed by atoms with Gasteiger partial charge in [-0.25, -0.2) is 4.98 Å². The molecule has 26 heavy (non-hydrogen) atoms. The van der Waals surface area contributed by atoms with E-state index in [9.17, 15) is 9.59 Å². The first-order chi connectivity index (χ1) is 12.7. The molecule has 0 unspecified atom stereocenters. The number of fused-ring (bicyclic) bond motifs is 2. The number of nitrogens with zero attached hydrogens (tertiary/aromatic N) is 2. The van der Waals surface area contributed by atoms with Crippen LogP contribution in [0.15, 0.2) is 53.0 Å². The van der Waals surface area contributed by atoms with Crippen molar-refractivity contribution < 1.29 is 4.79 Å². The molecule has 0 spiro atoms. The van der Waals surface area contributed by atoms with Gasteiger partial charge in [-0.05, 0) is 18.1 Å². The Labute approximate surface area is 152 Å². The largest absolute Gasteiger partial charge is 0.370 e. The number of hydrogen-bond donors (Lipinski definition) is 3. The van der Waals surface area contributed by atoms with Crippen LogP contribution in [0.2, 0.25) is 0 Å². The summed E-state index contributed by atoms with van der Waals surface area (Å²) in [6.45, 7) is 0.560. The van der Waals surface area contributed by atoms with Crippen LogP contribution in [0.5, 0.6) is 0 Å². The number of benzene rings is 1. The maximum atomic E-state index is 12.2. The van der Waals surface area contributed by atoms with Gasteiger partial charge >= 0.3 is 0 Å². The Morgan fingerprint density at radius 2 is 2.19 bits per heavy atom.